The molecule has 0 N–H and O–H groups in total. The normalized spacial score (nSPS) is 12.4. The van der Waals surface area contributed by atoms with E-state index in [1.165, 1.54) is 41.5 Å². The minimum Gasteiger partial charge on any atom is -0.253 e. The standard InChI is InChI=1S/C22H25N/c1-3-4-9-20(19-11-7-8-17(2)15-19)16-21-14-13-18-10-5-6-12-22(18)23-21/h5-8,10-15,20H,3-4,9,16H2,1-2H3/t20-/m0/s1. The van der Waals surface area contributed by atoms with Crippen molar-refractivity contribution in [3.63, 3.8) is 0 Å². The maximum Gasteiger partial charge on any atom is 0.0705 e. The number of unbranched alkanes of at least 4 members (excludes halogenated alkanes) is 1. The van der Waals surface area contributed by atoms with Crippen molar-refractivity contribution in [2.75, 3.05) is 0 Å². The first-order valence-electron chi connectivity index (χ1n) is 8.67. The van der Waals surface area contributed by atoms with E-state index in [1.54, 1.807) is 0 Å². The van der Waals surface area contributed by atoms with Crippen LogP contribution in [0.15, 0.2) is 60.7 Å². The van der Waals surface area contributed by atoms with Gasteiger partial charge >= 0.3 is 0 Å². The Kier molecular flexibility index (Phi) is 5.07. The number of aryl methyl sites for hydroxylation is 1. The van der Waals surface area contributed by atoms with Gasteiger partial charge in [0.2, 0.25) is 0 Å². The summed E-state index contributed by atoms with van der Waals surface area (Å²) in [5.41, 5.74) is 5.10. The van der Waals surface area contributed by atoms with Gasteiger partial charge in [-0.3, -0.25) is 4.98 Å². The van der Waals surface area contributed by atoms with Crippen molar-refractivity contribution < 1.29 is 0 Å². The maximum absolute atomic E-state index is 4.87. The van der Waals surface area contributed by atoms with Crippen LogP contribution < -0.4 is 0 Å². The molecule has 2 aromatic carbocycles. The van der Waals surface area contributed by atoms with Crippen LogP contribution in [0.1, 0.15) is 48.9 Å². The van der Waals surface area contributed by atoms with E-state index in [0.717, 1.165) is 11.9 Å². The van der Waals surface area contributed by atoms with Gasteiger partial charge in [-0.1, -0.05) is 73.9 Å². The number of pyridine rings is 1. The summed E-state index contributed by atoms with van der Waals surface area (Å²) in [7, 11) is 0. The Labute approximate surface area is 139 Å². The fourth-order valence-corrected chi connectivity index (χ4v) is 3.24. The van der Waals surface area contributed by atoms with Crippen LogP contribution in [-0.2, 0) is 6.42 Å². The quantitative estimate of drug-likeness (QED) is 0.539. The minimum atomic E-state index is 0.559. The van der Waals surface area contributed by atoms with Gasteiger partial charge in [-0.05, 0) is 43.4 Å². The molecule has 1 nitrogen and oxygen atoms in total. The SMILES string of the molecule is CCCC[C@@H](Cc1ccc2ccccc2n1)c1cccc(C)c1. The molecule has 0 amide bonds. The highest BCUT2D eigenvalue weighted by Gasteiger charge is 2.13. The third kappa shape index (κ3) is 3.98. The monoisotopic (exact) mass is 303 g/mol. The molecular formula is C22H25N. The molecule has 3 aromatic rings. The van der Waals surface area contributed by atoms with Gasteiger partial charge in [0.25, 0.3) is 0 Å². The average Bonchev–Trinajstić information content (AvgIpc) is 2.58. The first-order valence-corrected chi connectivity index (χ1v) is 8.67. The zero-order valence-electron chi connectivity index (χ0n) is 14.1. The van der Waals surface area contributed by atoms with Gasteiger partial charge in [-0.15, -0.1) is 0 Å². The number of hydrogen-bond donors (Lipinski definition) is 0. The lowest BCUT2D eigenvalue weighted by atomic mass is 9.88. The molecule has 0 aliphatic heterocycles. The molecule has 1 heterocycles. The molecule has 3 rings (SSSR count). The largest absolute Gasteiger partial charge is 0.253 e. The summed E-state index contributed by atoms with van der Waals surface area (Å²) in [5, 5.41) is 1.22. The first-order chi connectivity index (χ1) is 11.3. The fraction of sp³-hybridized carbons (Fsp3) is 0.318. The van der Waals surface area contributed by atoms with Crippen LogP contribution in [0.4, 0.5) is 0 Å². The molecule has 0 saturated heterocycles. The van der Waals surface area contributed by atoms with Crippen molar-refractivity contribution in [2.24, 2.45) is 0 Å². The van der Waals surface area contributed by atoms with Gasteiger partial charge in [0, 0.05) is 11.1 Å². The first kappa shape index (κ1) is 15.7. The number of rotatable bonds is 6. The summed E-state index contributed by atoms with van der Waals surface area (Å²) < 4.78 is 0. The summed E-state index contributed by atoms with van der Waals surface area (Å²) in [5.74, 6) is 0.559. The van der Waals surface area contributed by atoms with Gasteiger partial charge in [0.05, 0.1) is 5.52 Å². The Morgan fingerprint density at radius 2 is 1.83 bits per heavy atom. The topological polar surface area (TPSA) is 12.9 Å². The van der Waals surface area contributed by atoms with Gasteiger partial charge in [0.15, 0.2) is 0 Å². The van der Waals surface area contributed by atoms with E-state index >= 15 is 0 Å². The van der Waals surface area contributed by atoms with Gasteiger partial charge in [-0.2, -0.15) is 0 Å². The molecule has 0 aliphatic rings. The number of nitrogens with zero attached hydrogens (tertiary/aromatic N) is 1. The number of benzene rings is 2. The van der Waals surface area contributed by atoms with Gasteiger partial charge in [0.1, 0.15) is 0 Å². The summed E-state index contributed by atoms with van der Waals surface area (Å²) in [4.78, 5) is 4.87. The molecule has 1 heteroatoms. The van der Waals surface area contributed by atoms with Crippen molar-refractivity contribution in [3.8, 4) is 0 Å². The van der Waals surface area contributed by atoms with Gasteiger partial charge < -0.3 is 0 Å². The maximum atomic E-state index is 4.87. The summed E-state index contributed by atoms with van der Waals surface area (Å²) in [6.07, 6.45) is 4.77. The average molecular weight is 303 g/mol. The highest BCUT2D eigenvalue weighted by atomic mass is 14.7. The number of aromatic nitrogens is 1. The highest BCUT2D eigenvalue weighted by molar-refractivity contribution is 5.78. The van der Waals surface area contributed by atoms with Crippen LogP contribution in [0.2, 0.25) is 0 Å². The Balaban J connectivity index is 1.87. The van der Waals surface area contributed by atoms with E-state index in [0.29, 0.717) is 5.92 Å². The zero-order valence-corrected chi connectivity index (χ0v) is 14.1. The van der Waals surface area contributed by atoms with Crippen LogP contribution in [0.25, 0.3) is 10.9 Å². The summed E-state index contributed by atoms with van der Waals surface area (Å²) >= 11 is 0. The number of fused-ring (bicyclic) bond motifs is 1. The second-order valence-corrected chi connectivity index (χ2v) is 6.45. The van der Waals surface area contributed by atoms with Crippen molar-refractivity contribution in [1.29, 1.82) is 0 Å². The van der Waals surface area contributed by atoms with Crippen LogP contribution >= 0.6 is 0 Å². The molecule has 23 heavy (non-hydrogen) atoms. The molecule has 0 radical (unpaired) electrons. The molecule has 0 saturated carbocycles. The van der Waals surface area contributed by atoms with Crippen LogP contribution in [0, 0.1) is 6.92 Å². The third-order valence-electron chi connectivity index (χ3n) is 4.53. The second-order valence-electron chi connectivity index (χ2n) is 6.45. The summed E-state index contributed by atoms with van der Waals surface area (Å²) in [6, 6.07) is 21.7. The summed E-state index contributed by atoms with van der Waals surface area (Å²) in [6.45, 7) is 4.44. The molecule has 1 atom stereocenters. The Hall–Kier alpha value is -2.15. The third-order valence-corrected chi connectivity index (χ3v) is 4.53. The Morgan fingerprint density at radius 1 is 0.957 bits per heavy atom. The Bertz CT molecular complexity index is 776. The van der Waals surface area contributed by atoms with E-state index in [2.05, 4.69) is 74.5 Å². The second kappa shape index (κ2) is 7.41. The fourth-order valence-electron chi connectivity index (χ4n) is 3.24. The molecule has 1 aromatic heterocycles. The van der Waals surface area contributed by atoms with E-state index in [9.17, 15) is 0 Å². The lowest BCUT2D eigenvalue weighted by molar-refractivity contribution is 0.576. The van der Waals surface area contributed by atoms with Crippen molar-refractivity contribution in [1.82, 2.24) is 4.98 Å². The van der Waals surface area contributed by atoms with E-state index in [1.807, 2.05) is 0 Å². The lowest BCUT2D eigenvalue weighted by Gasteiger charge is -2.18. The molecule has 0 spiro atoms. The van der Waals surface area contributed by atoms with Crippen LogP contribution in [0.5, 0.6) is 0 Å². The zero-order chi connectivity index (χ0) is 16.1. The van der Waals surface area contributed by atoms with Crippen LogP contribution in [-0.4, -0.2) is 4.98 Å². The van der Waals surface area contributed by atoms with Crippen LogP contribution in [0.3, 0.4) is 0 Å². The predicted molar refractivity (Wildman–Crippen MR) is 98.9 cm³/mol. The van der Waals surface area contributed by atoms with Crippen molar-refractivity contribution in [2.45, 2.75) is 45.4 Å². The van der Waals surface area contributed by atoms with Crippen molar-refractivity contribution >= 4 is 10.9 Å². The highest BCUT2D eigenvalue weighted by Crippen LogP contribution is 2.27. The number of hydrogen-bond acceptors (Lipinski definition) is 1. The van der Waals surface area contributed by atoms with E-state index in [4.69, 9.17) is 4.98 Å². The number of para-hydroxylation sites is 1. The van der Waals surface area contributed by atoms with E-state index in [-0.39, 0.29) is 0 Å². The Morgan fingerprint density at radius 3 is 2.65 bits per heavy atom. The molecule has 0 fully saturated rings. The van der Waals surface area contributed by atoms with Gasteiger partial charge in [-0.25, -0.2) is 0 Å². The molecule has 0 aliphatic carbocycles. The smallest absolute Gasteiger partial charge is 0.0705 e. The van der Waals surface area contributed by atoms with E-state index < -0.39 is 0 Å². The molecule has 0 bridgehead atoms. The molecular weight excluding hydrogens is 278 g/mol. The predicted octanol–water partition coefficient (Wildman–Crippen LogP) is 6.06. The lowest BCUT2D eigenvalue weighted by Crippen LogP contribution is -2.05. The van der Waals surface area contributed by atoms with Crippen molar-refractivity contribution in [3.05, 3.63) is 77.5 Å². The minimum absolute atomic E-state index is 0.559. The molecule has 118 valence electrons. The molecule has 0 unspecified atom stereocenters.